The molecular formula is C23H20O2. The van der Waals surface area contributed by atoms with E-state index in [0.717, 1.165) is 44.9 Å². The fourth-order valence-corrected chi connectivity index (χ4v) is 3.78. The number of unbranched alkanes of at least 4 members (excludes halogenated alkanes) is 2. The van der Waals surface area contributed by atoms with Gasteiger partial charge in [-0.05, 0) is 48.7 Å². The molecule has 0 N–H and O–H groups in total. The lowest BCUT2D eigenvalue weighted by atomic mass is 10.0. The van der Waals surface area contributed by atoms with Crippen molar-refractivity contribution in [3.05, 3.63) is 60.2 Å². The highest BCUT2D eigenvalue weighted by Crippen LogP contribution is 2.36. The largest absolute Gasteiger partial charge is 0.456 e. The minimum Gasteiger partial charge on any atom is -0.456 e. The second-order valence-electron chi connectivity index (χ2n) is 6.83. The minimum atomic E-state index is 0.924. The first-order valence-corrected chi connectivity index (χ1v) is 9.10. The number of para-hydroxylation sites is 1. The summed E-state index contributed by atoms with van der Waals surface area (Å²) in [5.41, 5.74) is 5.11. The van der Waals surface area contributed by atoms with Gasteiger partial charge in [-0.3, -0.25) is 0 Å². The molecule has 5 aromatic rings. The molecule has 0 saturated heterocycles. The van der Waals surface area contributed by atoms with Crippen LogP contribution in [0.2, 0.25) is 0 Å². The summed E-state index contributed by atoms with van der Waals surface area (Å²) in [4.78, 5) is 0. The summed E-state index contributed by atoms with van der Waals surface area (Å²) in [7, 11) is 0. The van der Waals surface area contributed by atoms with Gasteiger partial charge in [-0.25, -0.2) is 0 Å². The molecule has 0 radical (unpaired) electrons. The van der Waals surface area contributed by atoms with E-state index < -0.39 is 0 Å². The summed E-state index contributed by atoms with van der Waals surface area (Å²) in [5, 5.41) is 4.58. The molecule has 0 unspecified atom stereocenters. The van der Waals surface area contributed by atoms with Crippen LogP contribution >= 0.6 is 0 Å². The molecular weight excluding hydrogens is 308 g/mol. The summed E-state index contributed by atoms with van der Waals surface area (Å²) < 4.78 is 12.2. The van der Waals surface area contributed by atoms with E-state index in [9.17, 15) is 0 Å². The third-order valence-electron chi connectivity index (χ3n) is 5.10. The molecule has 5 rings (SSSR count). The average Bonchev–Trinajstić information content (AvgIpc) is 3.17. The summed E-state index contributed by atoms with van der Waals surface area (Å²) >= 11 is 0. The van der Waals surface area contributed by atoms with Crippen LogP contribution in [0.3, 0.4) is 0 Å². The van der Waals surface area contributed by atoms with Gasteiger partial charge in [-0.1, -0.05) is 44.0 Å². The number of furan rings is 2. The van der Waals surface area contributed by atoms with Gasteiger partial charge >= 0.3 is 0 Å². The van der Waals surface area contributed by atoms with E-state index >= 15 is 0 Å². The van der Waals surface area contributed by atoms with Gasteiger partial charge in [0.1, 0.15) is 22.3 Å². The van der Waals surface area contributed by atoms with E-state index in [4.69, 9.17) is 8.83 Å². The number of hydrogen-bond donors (Lipinski definition) is 0. The third-order valence-corrected chi connectivity index (χ3v) is 5.10. The smallest absolute Gasteiger partial charge is 0.136 e. The Hall–Kier alpha value is -2.74. The lowest BCUT2D eigenvalue weighted by molar-refractivity contribution is 0.663. The molecule has 0 spiro atoms. The number of fused-ring (bicyclic) bond motifs is 6. The summed E-state index contributed by atoms with van der Waals surface area (Å²) in [5.74, 6) is 0. The highest BCUT2D eigenvalue weighted by Gasteiger charge is 2.13. The van der Waals surface area contributed by atoms with E-state index in [-0.39, 0.29) is 0 Å². The van der Waals surface area contributed by atoms with Crippen molar-refractivity contribution in [1.82, 2.24) is 0 Å². The van der Waals surface area contributed by atoms with Crippen molar-refractivity contribution in [1.29, 1.82) is 0 Å². The van der Waals surface area contributed by atoms with Crippen LogP contribution in [0.1, 0.15) is 31.7 Å². The Balaban J connectivity index is 1.71. The van der Waals surface area contributed by atoms with Gasteiger partial charge in [0.05, 0.1) is 0 Å². The Labute approximate surface area is 146 Å². The van der Waals surface area contributed by atoms with Crippen molar-refractivity contribution in [2.45, 2.75) is 32.6 Å². The monoisotopic (exact) mass is 328 g/mol. The Kier molecular flexibility index (Phi) is 3.30. The molecule has 0 amide bonds. The van der Waals surface area contributed by atoms with Crippen molar-refractivity contribution in [2.24, 2.45) is 0 Å². The predicted molar refractivity (Wildman–Crippen MR) is 104 cm³/mol. The highest BCUT2D eigenvalue weighted by atomic mass is 16.3. The van der Waals surface area contributed by atoms with Crippen LogP contribution in [-0.2, 0) is 6.42 Å². The quantitative estimate of drug-likeness (QED) is 0.326. The fourth-order valence-electron chi connectivity index (χ4n) is 3.78. The second-order valence-corrected chi connectivity index (χ2v) is 6.83. The zero-order chi connectivity index (χ0) is 16.8. The lowest BCUT2D eigenvalue weighted by Gasteiger charge is -2.00. The zero-order valence-electron chi connectivity index (χ0n) is 14.3. The molecule has 3 aromatic carbocycles. The van der Waals surface area contributed by atoms with Crippen LogP contribution in [0, 0.1) is 0 Å². The summed E-state index contributed by atoms with van der Waals surface area (Å²) in [6, 6.07) is 19.0. The van der Waals surface area contributed by atoms with Gasteiger partial charge in [0.25, 0.3) is 0 Å². The number of aryl methyl sites for hydroxylation is 1. The second kappa shape index (κ2) is 5.66. The van der Waals surface area contributed by atoms with Crippen molar-refractivity contribution in [3.8, 4) is 0 Å². The molecule has 124 valence electrons. The average molecular weight is 328 g/mol. The molecule has 2 heteroatoms. The van der Waals surface area contributed by atoms with Gasteiger partial charge in [0.2, 0.25) is 0 Å². The van der Waals surface area contributed by atoms with Crippen molar-refractivity contribution in [2.75, 3.05) is 0 Å². The fraction of sp³-hybridized carbons (Fsp3) is 0.217. The van der Waals surface area contributed by atoms with Crippen LogP contribution in [0.15, 0.2) is 63.4 Å². The first-order valence-electron chi connectivity index (χ1n) is 9.10. The van der Waals surface area contributed by atoms with Crippen LogP contribution in [0.25, 0.3) is 43.9 Å². The molecule has 2 aromatic heterocycles. The van der Waals surface area contributed by atoms with Crippen molar-refractivity contribution < 1.29 is 8.83 Å². The van der Waals surface area contributed by atoms with E-state index in [0.29, 0.717) is 0 Å². The van der Waals surface area contributed by atoms with Crippen molar-refractivity contribution >= 4 is 43.9 Å². The first kappa shape index (κ1) is 14.6. The van der Waals surface area contributed by atoms with E-state index in [2.05, 4.69) is 43.3 Å². The normalized spacial score (nSPS) is 12.0. The Morgan fingerprint density at radius 1 is 0.640 bits per heavy atom. The molecule has 0 saturated carbocycles. The van der Waals surface area contributed by atoms with Crippen molar-refractivity contribution in [3.63, 3.8) is 0 Å². The maximum absolute atomic E-state index is 6.12. The number of rotatable bonds is 4. The summed E-state index contributed by atoms with van der Waals surface area (Å²) in [6.45, 7) is 2.24. The molecule has 2 heterocycles. The molecule has 0 atom stereocenters. The van der Waals surface area contributed by atoms with Gasteiger partial charge in [-0.15, -0.1) is 0 Å². The molecule has 25 heavy (non-hydrogen) atoms. The van der Waals surface area contributed by atoms with Gasteiger partial charge in [0.15, 0.2) is 0 Å². The molecule has 0 aliphatic rings. The van der Waals surface area contributed by atoms with Crippen LogP contribution in [0.4, 0.5) is 0 Å². The maximum Gasteiger partial charge on any atom is 0.136 e. The number of benzene rings is 3. The molecule has 0 aliphatic heterocycles. The number of hydrogen-bond acceptors (Lipinski definition) is 2. The van der Waals surface area contributed by atoms with E-state index in [1.165, 1.54) is 30.2 Å². The molecule has 0 aliphatic carbocycles. The van der Waals surface area contributed by atoms with E-state index in [1.54, 1.807) is 0 Å². The Morgan fingerprint density at radius 2 is 1.32 bits per heavy atom. The maximum atomic E-state index is 6.12. The minimum absolute atomic E-state index is 0.924. The van der Waals surface area contributed by atoms with Crippen LogP contribution in [-0.4, -0.2) is 0 Å². The summed E-state index contributed by atoms with van der Waals surface area (Å²) in [6.07, 6.45) is 4.90. The predicted octanol–water partition coefficient (Wildman–Crippen LogP) is 7.22. The zero-order valence-corrected chi connectivity index (χ0v) is 14.3. The first-order chi connectivity index (χ1) is 12.3. The Bertz CT molecular complexity index is 1210. The topological polar surface area (TPSA) is 26.3 Å². The SMILES string of the molecule is CCCCCc1ccc2oc3cc4c(cc3c2c1)oc1ccccc14. The highest BCUT2D eigenvalue weighted by molar-refractivity contribution is 6.14. The van der Waals surface area contributed by atoms with Gasteiger partial charge < -0.3 is 8.83 Å². The van der Waals surface area contributed by atoms with Gasteiger partial charge in [-0.2, -0.15) is 0 Å². The van der Waals surface area contributed by atoms with E-state index in [1.807, 2.05) is 18.2 Å². The molecule has 2 nitrogen and oxygen atoms in total. The third kappa shape index (κ3) is 2.32. The molecule has 0 fully saturated rings. The van der Waals surface area contributed by atoms with Gasteiger partial charge in [0, 0.05) is 21.5 Å². The molecule has 0 bridgehead atoms. The van der Waals surface area contributed by atoms with Crippen LogP contribution in [0.5, 0.6) is 0 Å². The lowest BCUT2D eigenvalue weighted by Crippen LogP contribution is -1.84. The van der Waals surface area contributed by atoms with Crippen LogP contribution < -0.4 is 0 Å². The Morgan fingerprint density at radius 3 is 2.12 bits per heavy atom. The standard InChI is InChI=1S/C23H20O2/c1-2-3-4-7-15-10-11-21-17(12-15)19-14-22-18(13-23(19)25-21)16-8-5-6-9-20(16)24-22/h5-6,8-14H,2-4,7H2,1H3.